The Labute approximate surface area is 73.6 Å². The van der Waals surface area contributed by atoms with Crippen molar-refractivity contribution >= 4 is 5.95 Å². The van der Waals surface area contributed by atoms with Crippen LogP contribution in [0, 0.1) is 5.92 Å². The zero-order chi connectivity index (χ0) is 8.97. The molecule has 1 aromatic rings. The molecule has 1 aromatic heterocycles. The van der Waals surface area contributed by atoms with Crippen LogP contribution >= 0.6 is 0 Å². The van der Waals surface area contributed by atoms with Crippen molar-refractivity contribution in [2.45, 2.75) is 33.2 Å². The lowest BCUT2D eigenvalue weighted by molar-refractivity contribution is 0.538. The van der Waals surface area contributed by atoms with Crippen LogP contribution in [0.1, 0.15) is 27.2 Å². The number of aromatic amines is 1. The third-order valence-corrected chi connectivity index (χ3v) is 1.71. The van der Waals surface area contributed by atoms with Crippen LogP contribution in [0.5, 0.6) is 0 Å². The number of imidazole rings is 1. The van der Waals surface area contributed by atoms with E-state index in [0.717, 1.165) is 11.9 Å². The van der Waals surface area contributed by atoms with Gasteiger partial charge in [-0.2, -0.15) is 0 Å². The summed E-state index contributed by atoms with van der Waals surface area (Å²) >= 11 is 0. The third-order valence-electron chi connectivity index (χ3n) is 1.71. The van der Waals surface area contributed by atoms with E-state index in [2.05, 4.69) is 36.1 Å². The average Bonchev–Trinajstić information content (AvgIpc) is 2.37. The van der Waals surface area contributed by atoms with Gasteiger partial charge in [-0.25, -0.2) is 4.98 Å². The first-order valence-electron chi connectivity index (χ1n) is 4.44. The second-order valence-corrected chi connectivity index (χ2v) is 3.61. The van der Waals surface area contributed by atoms with E-state index in [9.17, 15) is 0 Å². The quantitative estimate of drug-likeness (QED) is 0.722. The monoisotopic (exact) mass is 167 g/mol. The summed E-state index contributed by atoms with van der Waals surface area (Å²) < 4.78 is 0. The van der Waals surface area contributed by atoms with Crippen LogP contribution in [-0.4, -0.2) is 16.0 Å². The van der Waals surface area contributed by atoms with Gasteiger partial charge in [0.05, 0.1) is 0 Å². The number of nitrogens with one attached hydrogen (secondary N) is 2. The van der Waals surface area contributed by atoms with Crippen molar-refractivity contribution < 1.29 is 0 Å². The standard InChI is InChI=1S/C9H17N3/c1-7(2)6-8(3)12-9-10-4-5-11-9/h4-5,7-8H,6H2,1-3H3,(H2,10,11,12). The summed E-state index contributed by atoms with van der Waals surface area (Å²) in [4.78, 5) is 7.12. The van der Waals surface area contributed by atoms with Gasteiger partial charge in [0.2, 0.25) is 0 Å². The Morgan fingerprint density at radius 1 is 1.50 bits per heavy atom. The number of rotatable bonds is 4. The van der Waals surface area contributed by atoms with Crippen LogP contribution in [0.3, 0.4) is 0 Å². The SMILES string of the molecule is CC(C)CC(C)Nc1ncc[nH]1. The Morgan fingerprint density at radius 3 is 2.75 bits per heavy atom. The first kappa shape index (κ1) is 9.10. The van der Waals surface area contributed by atoms with Crippen molar-refractivity contribution in [3.05, 3.63) is 12.4 Å². The molecular weight excluding hydrogens is 150 g/mol. The van der Waals surface area contributed by atoms with E-state index in [4.69, 9.17) is 0 Å². The highest BCUT2D eigenvalue weighted by Gasteiger charge is 2.04. The minimum absolute atomic E-state index is 0.483. The Morgan fingerprint density at radius 2 is 2.25 bits per heavy atom. The predicted molar refractivity (Wildman–Crippen MR) is 51.1 cm³/mol. The lowest BCUT2D eigenvalue weighted by Gasteiger charge is -2.14. The van der Waals surface area contributed by atoms with Gasteiger partial charge in [0.25, 0.3) is 0 Å². The van der Waals surface area contributed by atoms with E-state index in [1.54, 1.807) is 6.20 Å². The molecule has 12 heavy (non-hydrogen) atoms. The lowest BCUT2D eigenvalue weighted by atomic mass is 10.1. The zero-order valence-corrected chi connectivity index (χ0v) is 7.96. The summed E-state index contributed by atoms with van der Waals surface area (Å²) in [6, 6.07) is 0.483. The van der Waals surface area contributed by atoms with Crippen molar-refractivity contribution in [3.63, 3.8) is 0 Å². The fraction of sp³-hybridized carbons (Fsp3) is 0.667. The van der Waals surface area contributed by atoms with E-state index in [0.29, 0.717) is 6.04 Å². The highest BCUT2D eigenvalue weighted by atomic mass is 15.1. The summed E-state index contributed by atoms with van der Waals surface area (Å²) in [5.41, 5.74) is 0. The van der Waals surface area contributed by atoms with Crippen LogP contribution in [0.25, 0.3) is 0 Å². The van der Waals surface area contributed by atoms with Crippen LogP contribution in [0.2, 0.25) is 0 Å². The molecule has 1 heterocycles. The normalized spacial score (nSPS) is 13.3. The number of H-pyrrole nitrogens is 1. The largest absolute Gasteiger partial charge is 0.353 e. The Balaban J connectivity index is 2.32. The molecule has 0 saturated carbocycles. The van der Waals surface area contributed by atoms with Crippen LogP contribution in [-0.2, 0) is 0 Å². The fourth-order valence-electron chi connectivity index (χ4n) is 1.34. The van der Waals surface area contributed by atoms with Gasteiger partial charge in [0.1, 0.15) is 0 Å². The summed E-state index contributed by atoms with van der Waals surface area (Å²) in [7, 11) is 0. The molecule has 0 spiro atoms. The van der Waals surface area contributed by atoms with Gasteiger partial charge in [-0.1, -0.05) is 13.8 Å². The molecule has 0 radical (unpaired) electrons. The number of anilines is 1. The van der Waals surface area contributed by atoms with Gasteiger partial charge in [-0.3, -0.25) is 0 Å². The van der Waals surface area contributed by atoms with Crippen molar-refractivity contribution in [3.8, 4) is 0 Å². The maximum Gasteiger partial charge on any atom is 0.200 e. The van der Waals surface area contributed by atoms with Crippen molar-refractivity contribution in [1.82, 2.24) is 9.97 Å². The molecule has 0 aliphatic rings. The van der Waals surface area contributed by atoms with Gasteiger partial charge in [0, 0.05) is 18.4 Å². The summed E-state index contributed by atoms with van der Waals surface area (Å²) in [5, 5.41) is 3.29. The van der Waals surface area contributed by atoms with Crippen molar-refractivity contribution in [2.75, 3.05) is 5.32 Å². The van der Waals surface area contributed by atoms with Gasteiger partial charge >= 0.3 is 0 Å². The van der Waals surface area contributed by atoms with Crippen LogP contribution in [0.15, 0.2) is 12.4 Å². The molecule has 0 aromatic carbocycles. The van der Waals surface area contributed by atoms with Crippen LogP contribution in [0.4, 0.5) is 5.95 Å². The second kappa shape index (κ2) is 4.14. The molecule has 1 unspecified atom stereocenters. The molecule has 1 rings (SSSR count). The number of aromatic nitrogens is 2. The number of hydrogen-bond acceptors (Lipinski definition) is 2. The van der Waals surface area contributed by atoms with Crippen molar-refractivity contribution in [1.29, 1.82) is 0 Å². The molecular formula is C9H17N3. The average molecular weight is 167 g/mol. The van der Waals surface area contributed by atoms with E-state index in [-0.39, 0.29) is 0 Å². The summed E-state index contributed by atoms with van der Waals surface area (Å²) in [6.07, 6.45) is 4.75. The molecule has 1 atom stereocenters. The topological polar surface area (TPSA) is 40.7 Å². The Bertz CT molecular complexity index is 204. The molecule has 0 saturated heterocycles. The first-order chi connectivity index (χ1) is 5.68. The second-order valence-electron chi connectivity index (χ2n) is 3.61. The summed E-state index contributed by atoms with van der Waals surface area (Å²) in [6.45, 7) is 6.61. The fourth-order valence-corrected chi connectivity index (χ4v) is 1.34. The highest BCUT2D eigenvalue weighted by Crippen LogP contribution is 2.08. The van der Waals surface area contributed by atoms with Crippen molar-refractivity contribution in [2.24, 2.45) is 5.92 Å². The van der Waals surface area contributed by atoms with E-state index >= 15 is 0 Å². The first-order valence-corrected chi connectivity index (χ1v) is 4.44. The smallest absolute Gasteiger partial charge is 0.200 e. The zero-order valence-electron chi connectivity index (χ0n) is 7.96. The minimum Gasteiger partial charge on any atom is -0.353 e. The Hall–Kier alpha value is -0.990. The molecule has 2 N–H and O–H groups in total. The van der Waals surface area contributed by atoms with E-state index in [1.165, 1.54) is 6.42 Å². The van der Waals surface area contributed by atoms with Gasteiger partial charge in [-0.15, -0.1) is 0 Å². The van der Waals surface area contributed by atoms with Gasteiger partial charge < -0.3 is 10.3 Å². The van der Waals surface area contributed by atoms with Gasteiger partial charge in [0.15, 0.2) is 5.95 Å². The molecule has 0 aliphatic heterocycles. The van der Waals surface area contributed by atoms with Crippen LogP contribution < -0.4 is 5.32 Å². The maximum absolute atomic E-state index is 4.10. The maximum atomic E-state index is 4.10. The third kappa shape index (κ3) is 2.95. The van der Waals surface area contributed by atoms with Gasteiger partial charge in [-0.05, 0) is 19.3 Å². The lowest BCUT2D eigenvalue weighted by Crippen LogP contribution is -2.18. The van der Waals surface area contributed by atoms with E-state index < -0.39 is 0 Å². The number of hydrogen-bond donors (Lipinski definition) is 2. The van der Waals surface area contributed by atoms with E-state index in [1.807, 2.05) is 6.20 Å². The highest BCUT2D eigenvalue weighted by molar-refractivity contribution is 5.24. The minimum atomic E-state index is 0.483. The number of nitrogens with zero attached hydrogens (tertiary/aromatic N) is 1. The summed E-state index contributed by atoms with van der Waals surface area (Å²) in [5.74, 6) is 1.59. The molecule has 3 heteroatoms. The Kier molecular flexibility index (Phi) is 3.14. The predicted octanol–water partition coefficient (Wildman–Crippen LogP) is 2.26. The molecule has 0 amide bonds. The molecule has 0 fully saturated rings. The molecule has 68 valence electrons. The molecule has 3 nitrogen and oxygen atoms in total. The molecule has 0 aliphatic carbocycles. The molecule has 0 bridgehead atoms.